The lowest BCUT2D eigenvalue weighted by atomic mass is 10.2. The van der Waals surface area contributed by atoms with E-state index in [4.69, 9.17) is 9.26 Å². The molecule has 1 fully saturated rings. The van der Waals surface area contributed by atoms with Crippen molar-refractivity contribution in [2.45, 2.75) is 18.9 Å². The van der Waals surface area contributed by atoms with Crippen LogP contribution in [0.15, 0.2) is 59.1 Å². The lowest BCUT2D eigenvalue weighted by Gasteiger charge is -2.22. The molecular weight excluding hydrogens is 344 g/mol. The van der Waals surface area contributed by atoms with Crippen molar-refractivity contribution in [3.05, 3.63) is 60.5 Å². The van der Waals surface area contributed by atoms with Gasteiger partial charge in [-0.15, -0.1) is 0 Å². The Morgan fingerprint density at radius 1 is 1.19 bits per heavy atom. The molecule has 7 nitrogen and oxygen atoms in total. The number of nitrogens with zero attached hydrogens (tertiary/aromatic N) is 3. The lowest BCUT2D eigenvalue weighted by molar-refractivity contribution is 0.193. The average Bonchev–Trinajstić information content (AvgIpc) is 3.38. The monoisotopic (exact) mass is 364 g/mol. The van der Waals surface area contributed by atoms with Gasteiger partial charge in [0.05, 0.1) is 12.8 Å². The third-order valence-electron chi connectivity index (χ3n) is 4.62. The van der Waals surface area contributed by atoms with Crippen molar-refractivity contribution in [3.63, 3.8) is 0 Å². The van der Waals surface area contributed by atoms with Crippen molar-refractivity contribution >= 4 is 11.7 Å². The molecule has 1 saturated heterocycles. The van der Waals surface area contributed by atoms with Crippen molar-refractivity contribution < 1.29 is 14.1 Å². The third-order valence-corrected chi connectivity index (χ3v) is 4.62. The summed E-state index contributed by atoms with van der Waals surface area (Å²) in [5.74, 6) is 1.61. The molecule has 0 saturated carbocycles. The van der Waals surface area contributed by atoms with Crippen molar-refractivity contribution in [1.82, 2.24) is 15.0 Å². The van der Waals surface area contributed by atoms with Gasteiger partial charge in [-0.2, -0.15) is 4.98 Å². The fourth-order valence-corrected chi connectivity index (χ4v) is 3.28. The number of para-hydroxylation sites is 2. The minimum atomic E-state index is -0.232. The zero-order chi connectivity index (χ0) is 18.6. The van der Waals surface area contributed by atoms with Gasteiger partial charge in [-0.05, 0) is 25.0 Å². The molecule has 0 aliphatic carbocycles. The zero-order valence-electron chi connectivity index (χ0n) is 15.0. The number of anilines is 1. The second kappa shape index (κ2) is 7.49. The first-order chi connectivity index (χ1) is 13.3. The standard InChI is InChI=1S/C20H20N4O3/c1-26-17-12-6-5-10-15(17)21-20(25)24-13-7-11-16(24)19-22-18(23-27-19)14-8-3-2-4-9-14/h2-6,8-10,12,16H,7,11,13H2,1H3,(H,21,25)/t16-/m1/s1. The highest BCUT2D eigenvalue weighted by atomic mass is 16.5. The summed E-state index contributed by atoms with van der Waals surface area (Å²) in [5, 5.41) is 6.99. The van der Waals surface area contributed by atoms with Gasteiger partial charge >= 0.3 is 6.03 Å². The van der Waals surface area contributed by atoms with Crippen molar-refractivity contribution in [3.8, 4) is 17.1 Å². The molecule has 3 aromatic rings. The van der Waals surface area contributed by atoms with Crippen LogP contribution in [-0.4, -0.2) is 34.7 Å². The van der Waals surface area contributed by atoms with Crippen LogP contribution in [0.5, 0.6) is 5.75 Å². The SMILES string of the molecule is COc1ccccc1NC(=O)N1CCC[C@@H]1c1nc(-c2ccccc2)no1. The number of urea groups is 1. The number of methoxy groups -OCH3 is 1. The summed E-state index contributed by atoms with van der Waals surface area (Å²) >= 11 is 0. The number of carbonyl (C=O) groups is 1. The Balaban J connectivity index is 1.52. The number of ether oxygens (including phenoxy) is 1. The molecule has 1 aromatic heterocycles. The highest BCUT2D eigenvalue weighted by Gasteiger charge is 2.34. The zero-order valence-corrected chi connectivity index (χ0v) is 15.0. The average molecular weight is 364 g/mol. The summed E-state index contributed by atoms with van der Waals surface area (Å²) in [5.41, 5.74) is 1.52. The molecule has 2 amide bonds. The van der Waals surface area contributed by atoms with Crippen molar-refractivity contribution in [1.29, 1.82) is 0 Å². The normalized spacial score (nSPS) is 16.3. The number of amides is 2. The Morgan fingerprint density at radius 3 is 2.78 bits per heavy atom. The molecule has 0 spiro atoms. The summed E-state index contributed by atoms with van der Waals surface area (Å²) in [6, 6.07) is 16.5. The number of hydrogen-bond donors (Lipinski definition) is 1. The Labute approximate surface area is 156 Å². The fraction of sp³-hybridized carbons (Fsp3) is 0.250. The molecule has 1 aliphatic rings. The predicted molar refractivity (Wildman–Crippen MR) is 100 cm³/mol. The second-order valence-electron chi connectivity index (χ2n) is 6.30. The molecule has 0 bridgehead atoms. The number of aromatic nitrogens is 2. The largest absolute Gasteiger partial charge is 0.495 e. The number of nitrogens with one attached hydrogen (secondary N) is 1. The van der Waals surface area contributed by atoms with Crippen molar-refractivity contribution in [2.24, 2.45) is 0 Å². The van der Waals surface area contributed by atoms with Crippen LogP contribution in [-0.2, 0) is 0 Å². The molecule has 2 heterocycles. The molecule has 1 aliphatic heterocycles. The molecule has 2 aromatic carbocycles. The topological polar surface area (TPSA) is 80.5 Å². The van der Waals surface area contributed by atoms with Crippen LogP contribution in [0.25, 0.3) is 11.4 Å². The highest BCUT2D eigenvalue weighted by molar-refractivity contribution is 5.91. The van der Waals surface area contributed by atoms with E-state index in [1.165, 1.54) is 0 Å². The van der Waals surface area contributed by atoms with E-state index in [2.05, 4.69) is 15.5 Å². The number of carbonyl (C=O) groups excluding carboxylic acids is 1. The summed E-state index contributed by atoms with van der Waals surface area (Å²) in [4.78, 5) is 19.1. The Kier molecular flexibility index (Phi) is 4.74. The summed E-state index contributed by atoms with van der Waals surface area (Å²) in [6.07, 6.45) is 1.67. The van der Waals surface area contributed by atoms with Gasteiger partial charge in [-0.1, -0.05) is 47.6 Å². The maximum absolute atomic E-state index is 12.8. The minimum Gasteiger partial charge on any atom is -0.495 e. The first kappa shape index (κ1) is 17.1. The van der Waals surface area contributed by atoms with E-state index >= 15 is 0 Å². The molecule has 4 rings (SSSR count). The van der Waals surface area contributed by atoms with Gasteiger partial charge in [0.15, 0.2) is 0 Å². The van der Waals surface area contributed by atoms with Crippen molar-refractivity contribution in [2.75, 3.05) is 19.0 Å². The first-order valence-electron chi connectivity index (χ1n) is 8.86. The van der Waals surface area contributed by atoms with Gasteiger partial charge in [-0.25, -0.2) is 4.79 Å². The van der Waals surface area contributed by atoms with Crippen LogP contribution in [0.3, 0.4) is 0 Å². The summed E-state index contributed by atoms with van der Waals surface area (Å²) < 4.78 is 10.8. The maximum atomic E-state index is 12.8. The molecule has 138 valence electrons. The van der Waals surface area contributed by atoms with E-state index in [9.17, 15) is 4.79 Å². The van der Waals surface area contributed by atoms with E-state index < -0.39 is 0 Å². The van der Waals surface area contributed by atoms with Gasteiger partial charge in [-0.3, -0.25) is 0 Å². The van der Waals surface area contributed by atoms with Crippen LogP contribution in [0.1, 0.15) is 24.8 Å². The van der Waals surface area contributed by atoms with Crippen LogP contribution < -0.4 is 10.1 Å². The molecule has 1 N–H and O–H groups in total. The van der Waals surface area contributed by atoms with Crippen LogP contribution in [0.2, 0.25) is 0 Å². The van der Waals surface area contributed by atoms with Crippen LogP contribution in [0, 0.1) is 0 Å². The van der Waals surface area contributed by atoms with E-state index in [1.54, 1.807) is 18.1 Å². The Bertz CT molecular complexity index is 926. The van der Waals surface area contributed by atoms with Gasteiger partial charge in [0.2, 0.25) is 11.7 Å². The molecule has 27 heavy (non-hydrogen) atoms. The smallest absolute Gasteiger partial charge is 0.322 e. The van der Waals surface area contributed by atoms with Crippen LogP contribution in [0.4, 0.5) is 10.5 Å². The Morgan fingerprint density at radius 2 is 1.96 bits per heavy atom. The predicted octanol–water partition coefficient (Wildman–Crippen LogP) is 4.11. The molecule has 0 radical (unpaired) electrons. The third kappa shape index (κ3) is 3.48. The first-order valence-corrected chi connectivity index (χ1v) is 8.86. The quantitative estimate of drug-likeness (QED) is 0.753. The van der Waals surface area contributed by atoms with E-state index in [1.807, 2.05) is 48.5 Å². The number of hydrogen-bond acceptors (Lipinski definition) is 5. The summed E-state index contributed by atoms with van der Waals surface area (Å²) in [6.45, 7) is 0.634. The van der Waals surface area contributed by atoms with E-state index in [0.29, 0.717) is 29.7 Å². The van der Waals surface area contributed by atoms with Crippen LogP contribution >= 0.6 is 0 Å². The number of likely N-dealkylation sites (tertiary alicyclic amines) is 1. The highest BCUT2D eigenvalue weighted by Crippen LogP contribution is 2.33. The molecular formula is C20H20N4O3. The fourth-order valence-electron chi connectivity index (χ4n) is 3.28. The maximum Gasteiger partial charge on any atom is 0.322 e. The van der Waals surface area contributed by atoms with E-state index in [0.717, 1.165) is 18.4 Å². The number of benzene rings is 2. The lowest BCUT2D eigenvalue weighted by Crippen LogP contribution is -2.34. The van der Waals surface area contributed by atoms with Gasteiger partial charge < -0.3 is 19.5 Å². The summed E-state index contributed by atoms with van der Waals surface area (Å²) in [7, 11) is 1.58. The Hall–Kier alpha value is -3.35. The van der Waals surface area contributed by atoms with Gasteiger partial charge in [0, 0.05) is 12.1 Å². The molecule has 0 unspecified atom stereocenters. The minimum absolute atomic E-state index is 0.207. The second-order valence-corrected chi connectivity index (χ2v) is 6.30. The van der Waals surface area contributed by atoms with Gasteiger partial charge in [0.1, 0.15) is 11.8 Å². The van der Waals surface area contributed by atoms with E-state index in [-0.39, 0.29) is 12.1 Å². The number of rotatable bonds is 4. The molecule has 7 heteroatoms. The molecule has 1 atom stereocenters. The van der Waals surface area contributed by atoms with Gasteiger partial charge in [0.25, 0.3) is 0 Å².